The van der Waals surface area contributed by atoms with Crippen molar-refractivity contribution in [2.24, 2.45) is 4.99 Å². The third-order valence-electron chi connectivity index (χ3n) is 5.24. The molecule has 33 heavy (non-hydrogen) atoms. The topological polar surface area (TPSA) is 77.4 Å². The number of aliphatic imine (C=N–C) groups is 1. The van der Waals surface area contributed by atoms with Crippen molar-refractivity contribution in [1.29, 1.82) is 0 Å². The molecule has 1 fully saturated rings. The van der Waals surface area contributed by atoms with Crippen molar-refractivity contribution in [1.82, 2.24) is 4.90 Å². The summed E-state index contributed by atoms with van der Waals surface area (Å²) in [4.78, 5) is 31.2. The summed E-state index contributed by atoms with van der Waals surface area (Å²) in [5.41, 5.74) is 1.85. The van der Waals surface area contributed by atoms with Gasteiger partial charge in [-0.1, -0.05) is 12.1 Å². The van der Waals surface area contributed by atoms with Crippen molar-refractivity contribution in [3.63, 3.8) is 0 Å². The predicted octanol–water partition coefficient (Wildman–Crippen LogP) is 4.88. The number of rotatable bonds is 5. The van der Waals surface area contributed by atoms with Crippen LogP contribution in [0, 0.1) is 0 Å². The lowest BCUT2D eigenvalue weighted by molar-refractivity contribution is -0.121. The molecule has 0 bridgehead atoms. The highest BCUT2D eigenvalue weighted by Crippen LogP contribution is 2.38. The van der Waals surface area contributed by atoms with Crippen LogP contribution in [-0.4, -0.2) is 50.3 Å². The van der Waals surface area contributed by atoms with Gasteiger partial charge in [0.25, 0.3) is 5.91 Å². The summed E-state index contributed by atoms with van der Waals surface area (Å²) < 4.78 is 15.7. The number of amides is 1. The molecule has 4 rings (SSSR count). The van der Waals surface area contributed by atoms with E-state index in [0.717, 1.165) is 22.1 Å². The van der Waals surface area contributed by atoms with Gasteiger partial charge >= 0.3 is 5.97 Å². The Hall–Kier alpha value is -3.78. The van der Waals surface area contributed by atoms with E-state index in [9.17, 15) is 9.59 Å². The molecule has 1 aliphatic heterocycles. The van der Waals surface area contributed by atoms with E-state index < -0.39 is 5.97 Å². The minimum Gasteiger partial charge on any atom is -0.497 e. The molecule has 7 nitrogen and oxygen atoms in total. The molecule has 168 valence electrons. The summed E-state index contributed by atoms with van der Waals surface area (Å²) in [6.45, 7) is 0. The maximum atomic E-state index is 13.0. The summed E-state index contributed by atoms with van der Waals surface area (Å²) in [7, 11) is 6.23. The normalized spacial score (nSPS) is 16.0. The van der Waals surface area contributed by atoms with Crippen molar-refractivity contribution in [2.45, 2.75) is 0 Å². The molecule has 0 radical (unpaired) electrons. The molecule has 3 aromatic carbocycles. The quantitative estimate of drug-likeness (QED) is 0.397. The second-order valence-corrected chi connectivity index (χ2v) is 8.19. The molecule has 1 aliphatic rings. The average molecular weight is 463 g/mol. The fraction of sp³-hybridized carbons (Fsp3) is 0.160. The molecule has 0 spiro atoms. The molecule has 0 aromatic heterocycles. The molecule has 0 unspecified atom stereocenters. The average Bonchev–Trinajstić information content (AvgIpc) is 3.11. The van der Waals surface area contributed by atoms with E-state index in [1.165, 1.54) is 23.8 Å². The van der Waals surface area contributed by atoms with E-state index in [0.29, 0.717) is 27.1 Å². The highest BCUT2D eigenvalue weighted by Gasteiger charge is 2.31. The van der Waals surface area contributed by atoms with Crippen molar-refractivity contribution < 1.29 is 23.8 Å². The van der Waals surface area contributed by atoms with Gasteiger partial charge in [0.15, 0.2) is 5.17 Å². The van der Waals surface area contributed by atoms with Crippen LogP contribution in [0.3, 0.4) is 0 Å². The van der Waals surface area contributed by atoms with Crippen LogP contribution in [0.25, 0.3) is 16.8 Å². The Labute approximate surface area is 195 Å². The van der Waals surface area contributed by atoms with Crippen LogP contribution in [0.15, 0.2) is 64.5 Å². The number of hydrogen-bond donors (Lipinski definition) is 0. The molecule has 0 aliphatic carbocycles. The van der Waals surface area contributed by atoms with Crippen LogP contribution >= 0.6 is 11.8 Å². The van der Waals surface area contributed by atoms with Crippen molar-refractivity contribution in [3.8, 4) is 11.5 Å². The maximum absolute atomic E-state index is 13.0. The van der Waals surface area contributed by atoms with Crippen LogP contribution in [-0.2, 0) is 9.53 Å². The molecule has 1 amide bonds. The number of benzene rings is 3. The highest BCUT2D eigenvalue weighted by atomic mass is 32.2. The van der Waals surface area contributed by atoms with Crippen molar-refractivity contribution in [3.05, 3.63) is 70.6 Å². The van der Waals surface area contributed by atoms with E-state index in [-0.39, 0.29) is 5.91 Å². The Kier molecular flexibility index (Phi) is 6.37. The monoisotopic (exact) mass is 462 g/mol. The first kappa shape index (κ1) is 22.4. The van der Waals surface area contributed by atoms with E-state index >= 15 is 0 Å². The van der Waals surface area contributed by atoms with Crippen LogP contribution in [0.2, 0.25) is 0 Å². The molecular formula is C25H22N2O5S. The SMILES string of the molecule is COC(=O)c1ccc(N=C2S/C(=C\c3c(OC)ccc4ccc(OC)cc34)C(=O)N2C)cc1. The number of carbonyl (C=O) groups excluding carboxylic acids is 2. The lowest BCUT2D eigenvalue weighted by Gasteiger charge is -2.11. The maximum Gasteiger partial charge on any atom is 0.337 e. The minimum atomic E-state index is -0.414. The van der Waals surface area contributed by atoms with Gasteiger partial charge in [-0.25, -0.2) is 9.79 Å². The standard InChI is InChI=1S/C25H22N2O5S/c1-27-23(28)22(33-25(27)26-17-9-5-16(6-10-17)24(29)32-4)14-20-19-13-18(30-2)11-7-15(19)8-12-21(20)31-3/h5-14H,1-4H3/b22-14-,26-25?. The zero-order valence-corrected chi connectivity index (χ0v) is 19.4. The smallest absolute Gasteiger partial charge is 0.337 e. The van der Waals surface area contributed by atoms with E-state index in [2.05, 4.69) is 4.99 Å². The second-order valence-electron chi connectivity index (χ2n) is 7.18. The lowest BCUT2D eigenvalue weighted by atomic mass is 10.0. The van der Waals surface area contributed by atoms with Crippen molar-refractivity contribution in [2.75, 3.05) is 28.4 Å². The fourth-order valence-corrected chi connectivity index (χ4v) is 4.41. The summed E-state index contributed by atoms with van der Waals surface area (Å²) in [6.07, 6.45) is 1.83. The van der Waals surface area contributed by atoms with E-state index in [1.807, 2.05) is 36.4 Å². The van der Waals surface area contributed by atoms with Gasteiger partial charge in [-0.05, 0) is 71.1 Å². The summed E-state index contributed by atoms with van der Waals surface area (Å²) in [6, 6.07) is 16.3. The second kappa shape index (κ2) is 9.38. The molecule has 0 saturated carbocycles. The van der Waals surface area contributed by atoms with Gasteiger partial charge in [-0.3, -0.25) is 9.69 Å². The minimum absolute atomic E-state index is 0.160. The van der Waals surface area contributed by atoms with Crippen LogP contribution in [0.4, 0.5) is 5.69 Å². The first-order valence-electron chi connectivity index (χ1n) is 10.0. The van der Waals surface area contributed by atoms with Gasteiger partial charge in [-0.2, -0.15) is 0 Å². The molecule has 0 N–H and O–H groups in total. The van der Waals surface area contributed by atoms with Crippen LogP contribution in [0.1, 0.15) is 15.9 Å². The molecule has 1 saturated heterocycles. The summed E-state index contributed by atoms with van der Waals surface area (Å²) in [5.74, 6) is 0.799. The number of likely N-dealkylation sites (N-methyl/N-ethyl adjacent to an activating group) is 1. The fourth-order valence-electron chi connectivity index (χ4n) is 3.44. The number of ether oxygens (including phenoxy) is 3. The Morgan fingerprint density at radius 3 is 2.39 bits per heavy atom. The van der Waals surface area contributed by atoms with E-state index in [4.69, 9.17) is 14.2 Å². The largest absolute Gasteiger partial charge is 0.497 e. The zero-order chi connectivity index (χ0) is 23.5. The van der Waals surface area contributed by atoms with Gasteiger partial charge < -0.3 is 14.2 Å². The number of carbonyl (C=O) groups is 2. The highest BCUT2D eigenvalue weighted by molar-refractivity contribution is 8.18. The van der Waals surface area contributed by atoms with Gasteiger partial charge in [0.1, 0.15) is 11.5 Å². The van der Waals surface area contributed by atoms with Crippen LogP contribution in [0.5, 0.6) is 11.5 Å². The number of esters is 1. The first-order valence-corrected chi connectivity index (χ1v) is 10.9. The number of amidine groups is 1. The Morgan fingerprint density at radius 2 is 1.73 bits per heavy atom. The third kappa shape index (κ3) is 4.42. The Bertz CT molecular complexity index is 1290. The number of hydrogen-bond acceptors (Lipinski definition) is 7. The third-order valence-corrected chi connectivity index (χ3v) is 6.30. The summed E-state index contributed by atoms with van der Waals surface area (Å²) >= 11 is 1.28. The lowest BCUT2D eigenvalue weighted by Crippen LogP contribution is -2.23. The van der Waals surface area contributed by atoms with Crippen molar-refractivity contribution >= 4 is 51.3 Å². The Balaban J connectivity index is 1.72. The zero-order valence-electron chi connectivity index (χ0n) is 18.6. The molecule has 8 heteroatoms. The number of nitrogens with zero attached hydrogens (tertiary/aromatic N) is 2. The predicted molar refractivity (Wildman–Crippen MR) is 130 cm³/mol. The number of methoxy groups -OCH3 is 3. The Morgan fingerprint density at radius 1 is 1.00 bits per heavy atom. The molecular weight excluding hydrogens is 440 g/mol. The molecule has 0 atom stereocenters. The van der Waals surface area contributed by atoms with Gasteiger partial charge in [0.2, 0.25) is 0 Å². The summed E-state index contributed by atoms with van der Waals surface area (Å²) in [5, 5.41) is 2.46. The van der Waals surface area contributed by atoms with E-state index in [1.54, 1.807) is 45.5 Å². The van der Waals surface area contributed by atoms with Gasteiger partial charge in [0, 0.05) is 12.6 Å². The number of thioether (sulfide) groups is 1. The molecule has 3 aromatic rings. The van der Waals surface area contributed by atoms with Gasteiger partial charge in [0.05, 0.1) is 37.5 Å². The molecule has 1 heterocycles. The van der Waals surface area contributed by atoms with Gasteiger partial charge in [-0.15, -0.1) is 0 Å². The van der Waals surface area contributed by atoms with Crippen LogP contribution < -0.4 is 9.47 Å². The number of fused-ring (bicyclic) bond motifs is 1. The first-order chi connectivity index (χ1) is 15.9.